The van der Waals surface area contributed by atoms with Gasteiger partial charge >= 0.3 is 11.9 Å². The highest BCUT2D eigenvalue weighted by atomic mass is 16.6. The van der Waals surface area contributed by atoms with Crippen molar-refractivity contribution in [3.63, 3.8) is 0 Å². The van der Waals surface area contributed by atoms with Crippen LogP contribution in [-0.4, -0.2) is 40.6 Å². The summed E-state index contributed by atoms with van der Waals surface area (Å²) in [5.41, 5.74) is -0.844. The molecule has 0 radical (unpaired) electrons. The van der Waals surface area contributed by atoms with E-state index in [0.717, 1.165) is 32.1 Å². The summed E-state index contributed by atoms with van der Waals surface area (Å²) in [5.74, 6) is 2.20. The van der Waals surface area contributed by atoms with Crippen molar-refractivity contribution >= 4 is 17.7 Å². The van der Waals surface area contributed by atoms with E-state index in [1.54, 1.807) is 13.8 Å². The van der Waals surface area contributed by atoms with Gasteiger partial charge in [0, 0.05) is 38.0 Å². The van der Waals surface area contributed by atoms with Crippen molar-refractivity contribution in [2.24, 2.45) is 51.8 Å². The average molecular weight is 517 g/mol. The van der Waals surface area contributed by atoms with E-state index in [4.69, 9.17) is 9.47 Å². The molecule has 5 rings (SSSR count). The third-order valence-corrected chi connectivity index (χ3v) is 12.2. The van der Waals surface area contributed by atoms with Gasteiger partial charge in [0.05, 0.1) is 5.60 Å². The monoisotopic (exact) mass is 516 g/mol. The van der Waals surface area contributed by atoms with E-state index in [-0.39, 0.29) is 28.6 Å². The van der Waals surface area contributed by atoms with E-state index >= 15 is 0 Å². The SMILES string of the molecule is CC(=O)O[C@H]([C@@H](C)[C@H]1CC[C@H]2[C@@H]3CC(=O)[C@]45C[C@H]4CC[C@]5(C)[C@H]3CC[C@]12C)[C@@H](CC(C)(C)O)OC(C)=O. The Balaban J connectivity index is 1.41. The van der Waals surface area contributed by atoms with Crippen LogP contribution in [0.3, 0.4) is 0 Å². The highest BCUT2D eigenvalue weighted by Crippen LogP contribution is 2.80. The summed E-state index contributed by atoms with van der Waals surface area (Å²) in [5, 5.41) is 10.6. The summed E-state index contributed by atoms with van der Waals surface area (Å²) < 4.78 is 11.6. The molecule has 5 aliphatic rings. The van der Waals surface area contributed by atoms with Gasteiger partial charge < -0.3 is 14.6 Å². The lowest BCUT2D eigenvalue weighted by atomic mass is 9.45. The Bertz CT molecular complexity index is 967. The maximum Gasteiger partial charge on any atom is 0.303 e. The van der Waals surface area contributed by atoms with Crippen molar-refractivity contribution in [3.05, 3.63) is 0 Å². The third kappa shape index (κ3) is 4.10. The summed E-state index contributed by atoms with van der Waals surface area (Å²) in [6.45, 7) is 13.1. The molecular formula is C31H48O6. The van der Waals surface area contributed by atoms with Crippen LogP contribution in [0.4, 0.5) is 0 Å². The number of fused-ring (bicyclic) bond motifs is 4. The van der Waals surface area contributed by atoms with Gasteiger partial charge in [0.25, 0.3) is 0 Å². The van der Waals surface area contributed by atoms with Gasteiger partial charge in [0.2, 0.25) is 0 Å². The predicted molar refractivity (Wildman–Crippen MR) is 139 cm³/mol. The normalized spacial score (nSPS) is 44.5. The standard InChI is InChI=1S/C31H48O6/c1-17(27(37-19(3)33)25(36-18(2)32)16-28(4,5)35)22-8-9-23-21-14-26(34)31-15-20(31)10-13-30(31,7)24(21)11-12-29(22,23)6/h17,20-25,27,35H,8-16H2,1-7H3/t17-,20+,21-,22+,23-,24-,25+,27+,29+,30+,31-/m0/s1. The molecule has 0 aromatic heterocycles. The number of Topliss-reactive ketones (excluding diaryl/α,β-unsaturated/α-hetero) is 1. The Labute approximate surface area is 222 Å². The molecule has 6 heteroatoms. The van der Waals surface area contributed by atoms with Gasteiger partial charge in [-0.15, -0.1) is 0 Å². The molecule has 1 spiro atoms. The number of carbonyl (C=O) groups excluding carboxylic acids is 3. The average Bonchev–Trinajstić information content (AvgIpc) is 3.29. The van der Waals surface area contributed by atoms with Crippen LogP contribution in [-0.2, 0) is 23.9 Å². The topological polar surface area (TPSA) is 89.9 Å². The van der Waals surface area contributed by atoms with E-state index in [2.05, 4.69) is 20.8 Å². The fraction of sp³-hybridized carbons (Fsp3) is 0.903. The number of esters is 2. The van der Waals surface area contributed by atoms with Crippen LogP contribution in [0.15, 0.2) is 0 Å². The Kier molecular flexibility index (Phi) is 6.45. The van der Waals surface area contributed by atoms with Gasteiger partial charge in [-0.25, -0.2) is 0 Å². The lowest BCUT2D eigenvalue weighted by Crippen LogP contribution is -2.56. The van der Waals surface area contributed by atoms with Crippen LogP contribution in [0.5, 0.6) is 0 Å². The van der Waals surface area contributed by atoms with Gasteiger partial charge in [-0.2, -0.15) is 0 Å². The Morgan fingerprint density at radius 3 is 2.30 bits per heavy atom. The molecule has 1 N–H and O–H groups in total. The first-order valence-corrected chi connectivity index (χ1v) is 14.7. The molecule has 208 valence electrons. The number of aliphatic hydroxyl groups is 1. The summed E-state index contributed by atoms with van der Waals surface area (Å²) >= 11 is 0. The quantitative estimate of drug-likeness (QED) is 0.451. The molecule has 0 saturated heterocycles. The van der Waals surface area contributed by atoms with Crippen LogP contribution in [0.25, 0.3) is 0 Å². The molecule has 0 aliphatic heterocycles. The lowest BCUT2D eigenvalue weighted by molar-refractivity contribution is -0.179. The van der Waals surface area contributed by atoms with Crippen molar-refractivity contribution in [2.75, 3.05) is 0 Å². The molecule has 0 amide bonds. The third-order valence-electron chi connectivity index (χ3n) is 12.2. The minimum Gasteiger partial charge on any atom is -0.458 e. The van der Waals surface area contributed by atoms with E-state index in [9.17, 15) is 19.5 Å². The molecular weight excluding hydrogens is 468 g/mol. The molecule has 6 nitrogen and oxygen atoms in total. The number of ketones is 1. The van der Waals surface area contributed by atoms with Gasteiger partial charge in [0.15, 0.2) is 0 Å². The Morgan fingerprint density at radius 1 is 1.03 bits per heavy atom. The fourth-order valence-corrected chi connectivity index (χ4v) is 10.8. The number of ether oxygens (including phenoxy) is 2. The van der Waals surface area contributed by atoms with Crippen LogP contribution < -0.4 is 0 Å². The molecule has 0 unspecified atom stereocenters. The molecule has 37 heavy (non-hydrogen) atoms. The lowest BCUT2D eigenvalue weighted by Gasteiger charge is -2.58. The Hall–Kier alpha value is -1.43. The van der Waals surface area contributed by atoms with E-state index in [0.29, 0.717) is 35.4 Å². The Morgan fingerprint density at radius 2 is 1.70 bits per heavy atom. The zero-order valence-corrected chi connectivity index (χ0v) is 24.0. The van der Waals surface area contributed by atoms with Crippen molar-refractivity contribution in [1.29, 1.82) is 0 Å². The maximum absolute atomic E-state index is 13.6. The highest BCUT2D eigenvalue weighted by Gasteiger charge is 2.77. The minimum absolute atomic E-state index is 0.00196. The zero-order chi connectivity index (χ0) is 27.1. The molecule has 0 aromatic carbocycles. The summed E-state index contributed by atoms with van der Waals surface area (Å²) in [7, 11) is 0. The van der Waals surface area contributed by atoms with Crippen LogP contribution in [0, 0.1) is 51.8 Å². The van der Waals surface area contributed by atoms with Gasteiger partial charge in [-0.1, -0.05) is 20.8 Å². The first-order chi connectivity index (χ1) is 17.1. The number of carbonyl (C=O) groups is 3. The van der Waals surface area contributed by atoms with E-state index in [1.807, 2.05) is 0 Å². The van der Waals surface area contributed by atoms with Gasteiger partial charge in [0.1, 0.15) is 18.0 Å². The highest BCUT2D eigenvalue weighted by molar-refractivity contribution is 5.91. The number of hydrogen-bond acceptors (Lipinski definition) is 6. The summed E-state index contributed by atoms with van der Waals surface area (Å²) in [6, 6.07) is 0. The zero-order valence-electron chi connectivity index (χ0n) is 24.0. The second-order valence-electron chi connectivity index (χ2n) is 14.7. The molecule has 0 bridgehead atoms. The molecule has 5 aliphatic carbocycles. The summed E-state index contributed by atoms with van der Waals surface area (Å²) in [6.07, 6.45) is 7.62. The number of rotatable bonds is 7. The fourth-order valence-electron chi connectivity index (χ4n) is 10.8. The van der Waals surface area contributed by atoms with Crippen molar-refractivity contribution in [1.82, 2.24) is 0 Å². The van der Waals surface area contributed by atoms with Crippen LogP contribution in [0.1, 0.15) is 106 Å². The smallest absolute Gasteiger partial charge is 0.303 e. The van der Waals surface area contributed by atoms with E-state index in [1.165, 1.54) is 33.1 Å². The van der Waals surface area contributed by atoms with E-state index < -0.39 is 29.7 Å². The molecule has 0 aromatic rings. The second-order valence-corrected chi connectivity index (χ2v) is 14.7. The van der Waals surface area contributed by atoms with Crippen LogP contribution >= 0.6 is 0 Å². The maximum atomic E-state index is 13.6. The molecule has 5 fully saturated rings. The summed E-state index contributed by atoms with van der Waals surface area (Å²) in [4.78, 5) is 37.9. The first kappa shape index (κ1) is 27.1. The molecule has 5 saturated carbocycles. The van der Waals surface area contributed by atoms with Crippen LogP contribution in [0.2, 0.25) is 0 Å². The second kappa shape index (κ2) is 8.79. The molecule has 0 heterocycles. The minimum atomic E-state index is -1.08. The van der Waals surface area contributed by atoms with Crippen molar-refractivity contribution in [3.8, 4) is 0 Å². The van der Waals surface area contributed by atoms with Crippen molar-refractivity contribution in [2.45, 2.75) is 124 Å². The van der Waals surface area contributed by atoms with Gasteiger partial charge in [-0.3, -0.25) is 14.4 Å². The largest absolute Gasteiger partial charge is 0.458 e. The van der Waals surface area contributed by atoms with Crippen molar-refractivity contribution < 1.29 is 29.0 Å². The first-order valence-electron chi connectivity index (χ1n) is 14.7. The number of hydrogen-bond donors (Lipinski definition) is 1. The predicted octanol–water partition coefficient (Wildman–Crippen LogP) is 5.48. The molecule has 11 atom stereocenters. The van der Waals surface area contributed by atoms with Gasteiger partial charge in [-0.05, 0) is 99.2 Å².